The fourth-order valence-electron chi connectivity index (χ4n) is 1.42. The normalized spacial score (nSPS) is 10.5. The van der Waals surface area contributed by atoms with Gasteiger partial charge in [-0.05, 0) is 19.1 Å². The van der Waals surface area contributed by atoms with Gasteiger partial charge in [-0.1, -0.05) is 11.8 Å². The van der Waals surface area contributed by atoms with Crippen molar-refractivity contribution in [2.24, 2.45) is 0 Å². The molecule has 0 atom stereocenters. The zero-order chi connectivity index (χ0) is 13.0. The summed E-state index contributed by atoms with van der Waals surface area (Å²) in [6.07, 6.45) is 3.01. The number of rotatable bonds is 5. The lowest BCUT2D eigenvalue weighted by atomic mass is 10.3. The molecule has 2 aromatic rings. The number of pyridine rings is 1. The quantitative estimate of drug-likeness (QED) is 0.827. The van der Waals surface area contributed by atoms with E-state index in [0.717, 1.165) is 12.4 Å². The topological polar surface area (TPSA) is 80.9 Å². The molecule has 0 fully saturated rings. The molecule has 18 heavy (non-hydrogen) atoms. The highest BCUT2D eigenvalue weighted by Crippen LogP contribution is 2.20. The second kappa shape index (κ2) is 5.63. The van der Waals surface area contributed by atoms with Crippen molar-refractivity contribution in [1.82, 2.24) is 19.7 Å². The molecule has 0 amide bonds. The van der Waals surface area contributed by atoms with Crippen molar-refractivity contribution in [3.8, 4) is 0 Å². The molecule has 94 valence electrons. The summed E-state index contributed by atoms with van der Waals surface area (Å²) in [5, 5.41) is 13.6. The van der Waals surface area contributed by atoms with Crippen molar-refractivity contribution in [2.75, 3.05) is 0 Å². The highest BCUT2D eigenvalue weighted by Gasteiger charge is 2.07. The number of hydrogen-bond acceptors (Lipinski definition) is 5. The highest BCUT2D eigenvalue weighted by atomic mass is 32.2. The van der Waals surface area contributed by atoms with Crippen molar-refractivity contribution in [2.45, 2.75) is 24.2 Å². The summed E-state index contributed by atoms with van der Waals surface area (Å²) in [6, 6.07) is 3.03. The maximum Gasteiger partial charge on any atom is 0.335 e. The summed E-state index contributed by atoms with van der Waals surface area (Å²) in [7, 11) is 0. The fourth-order valence-corrected chi connectivity index (χ4v) is 2.27. The average Bonchev–Trinajstić information content (AvgIpc) is 2.84. The summed E-state index contributed by atoms with van der Waals surface area (Å²) in [5.74, 6) is 0.519. The second-order valence-electron chi connectivity index (χ2n) is 3.47. The van der Waals surface area contributed by atoms with E-state index in [4.69, 9.17) is 5.11 Å². The Bertz CT molecular complexity index is 555. The van der Waals surface area contributed by atoms with Crippen LogP contribution in [-0.4, -0.2) is 30.8 Å². The molecule has 6 nitrogen and oxygen atoms in total. The summed E-state index contributed by atoms with van der Waals surface area (Å²) < 4.78 is 1.80. The Balaban J connectivity index is 2.06. The van der Waals surface area contributed by atoms with Gasteiger partial charge >= 0.3 is 5.97 Å². The lowest BCUT2D eigenvalue weighted by Crippen LogP contribution is -2.02. The molecule has 2 rings (SSSR count). The largest absolute Gasteiger partial charge is 0.478 e. The molecule has 2 aromatic heterocycles. The molecule has 0 aliphatic heterocycles. The molecule has 0 unspecified atom stereocenters. The van der Waals surface area contributed by atoms with Crippen LogP contribution in [0.1, 0.15) is 23.1 Å². The van der Waals surface area contributed by atoms with Gasteiger partial charge in [0.1, 0.15) is 12.2 Å². The minimum Gasteiger partial charge on any atom is -0.478 e. The number of aromatic nitrogens is 4. The Morgan fingerprint density at radius 2 is 2.33 bits per heavy atom. The smallest absolute Gasteiger partial charge is 0.335 e. The van der Waals surface area contributed by atoms with Crippen molar-refractivity contribution in [3.63, 3.8) is 0 Å². The Kier molecular flexibility index (Phi) is 3.93. The van der Waals surface area contributed by atoms with E-state index in [-0.39, 0.29) is 5.56 Å². The van der Waals surface area contributed by atoms with Gasteiger partial charge in [-0.25, -0.2) is 19.4 Å². The summed E-state index contributed by atoms with van der Waals surface area (Å²) >= 11 is 1.44. The van der Waals surface area contributed by atoms with E-state index in [9.17, 15) is 4.79 Å². The van der Waals surface area contributed by atoms with Crippen molar-refractivity contribution in [1.29, 1.82) is 0 Å². The van der Waals surface area contributed by atoms with Crippen LogP contribution in [0.15, 0.2) is 29.7 Å². The Morgan fingerprint density at radius 3 is 3.06 bits per heavy atom. The van der Waals surface area contributed by atoms with Crippen molar-refractivity contribution >= 4 is 17.7 Å². The van der Waals surface area contributed by atoms with E-state index in [1.165, 1.54) is 30.4 Å². The zero-order valence-electron chi connectivity index (χ0n) is 9.78. The van der Waals surface area contributed by atoms with Crippen LogP contribution in [0.25, 0.3) is 0 Å². The van der Waals surface area contributed by atoms with E-state index >= 15 is 0 Å². The number of aryl methyl sites for hydroxylation is 1. The molecule has 0 aliphatic carbocycles. The highest BCUT2D eigenvalue weighted by molar-refractivity contribution is 7.98. The number of aromatic carboxylic acids is 1. The maximum atomic E-state index is 10.8. The lowest BCUT2D eigenvalue weighted by Gasteiger charge is -2.03. The number of hydrogen-bond donors (Lipinski definition) is 1. The zero-order valence-corrected chi connectivity index (χ0v) is 10.6. The van der Waals surface area contributed by atoms with Gasteiger partial charge in [-0.2, -0.15) is 5.10 Å². The predicted octanol–water partition coefficient (Wildman–Crippen LogP) is 1.68. The SMILES string of the molecule is CCn1ncnc1CSc1cc(C(=O)O)ccn1. The third kappa shape index (κ3) is 2.86. The number of carboxylic acids is 1. The average molecular weight is 264 g/mol. The van der Waals surface area contributed by atoms with Gasteiger partial charge in [0, 0.05) is 12.7 Å². The van der Waals surface area contributed by atoms with Gasteiger partial charge in [0.25, 0.3) is 0 Å². The molecule has 1 N–H and O–H groups in total. The Morgan fingerprint density at radius 1 is 1.50 bits per heavy atom. The number of thioether (sulfide) groups is 1. The van der Waals surface area contributed by atoms with Gasteiger partial charge in [0.15, 0.2) is 0 Å². The molecule has 0 radical (unpaired) electrons. The Labute approximate surface area is 108 Å². The van der Waals surface area contributed by atoms with Crippen LogP contribution in [-0.2, 0) is 12.3 Å². The molecule has 0 saturated heterocycles. The molecular weight excluding hydrogens is 252 g/mol. The predicted molar refractivity (Wildman–Crippen MR) is 66.5 cm³/mol. The first kappa shape index (κ1) is 12.6. The van der Waals surface area contributed by atoms with E-state index in [1.54, 1.807) is 10.7 Å². The first-order valence-corrected chi connectivity index (χ1v) is 6.38. The first-order valence-electron chi connectivity index (χ1n) is 5.39. The standard InChI is InChI=1S/C11H12N4O2S/c1-2-15-9(13-7-14-15)6-18-10-5-8(11(16)17)3-4-12-10/h3-5,7H,2,6H2,1H3,(H,16,17). The van der Waals surface area contributed by atoms with Gasteiger partial charge in [0.05, 0.1) is 16.3 Å². The second-order valence-corrected chi connectivity index (χ2v) is 4.46. The van der Waals surface area contributed by atoms with Gasteiger partial charge in [0.2, 0.25) is 0 Å². The molecule has 2 heterocycles. The number of carboxylic acid groups (broad SMARTS) is 1. The first-order chi connectivity index (χ1) is 8.70. The van der Waals surface area contributed by atoms with Crippen LogP contribution < -0.4 is 0 Å². The van der Waals surface area contributed by atoms with Crippen LogP contribution in [0, 0.1) is 0 Å². The van der Waals surface area contributed by atoms with Crippen LogP contribution in [0.4, 0.5) is 0 Å². The summed E-state index contributed by atoms with van der Waals surface area (Å²) in [6.45, 7) is 2.75. The third-order valence-electron chi connectivity index (χ3n) is 2.33. The lowest BCUT2D eigenvalue weighted by molar-refractivity contribution is 0.0696. The van der Waals surface area contributed by atoms with E-state index in [1.807, 2.05) is 6.92 Å². The third-order valence-corrected chi connectivity index (χ3v) is 3.25. The minimum absolute atomic E-state index is 0.240. The molecule has 0 aromatic carbocycles. The van der Waals surface area contributed by atoms with Crippen LogP contribution in [0.5, 0.6) is 0 Å². The monoisotopic (exact) mass is 264 g/mol. The molecule has 7 heteroatoms. The van der Waals surface area contributed by atoms with Crippen molar-refractivity contribution < 1.29 is 9.90 Å². The molecule has 0 spiro atoms. The van der Waals surface area contributed by atoms with Gasteiger partial charge in [-0.15, -0.1) is 0 Å². The molecule has 0 aliphatic rings. The number of carbonyl (C=O) groups is 1. The fraction of sp³-hybridized carbons (Fsp3) is 0.273. The summed E-state index contributed by atoms with van der Waals surface area (Å²) in [4.78, 5) is 19.1. The molecular formula is C11H12N4O2S. The molecule has 0 bridgehead atoms. The van der Waals surface area contributed by atoms with Gasteiger partial charge < -0.3 is 5.11 Å². The summed E-state index contributed by atoms with van der Waals surface area (Å²) in [5.41, 5.74) is 0.240. The maximum absolute atomic E-state index is 10.8. The van der Waals surface area contributed by atoms with Crippen LogP contribution >= 0.6 is 11.8 Å². The van der Waals surface area contributed by atoms with Gasteiger partial charge in [-0.3, -0.25) is 0 Å². The minimum atomic E-state index is -0.948. The van der Waals surface area contributed by atoms with E-state index < -0.39 is 5.97 Å². The van der Waals surface area contributed by atoms with Crippen LogP contribution in [0.3, 0.4) is 0 Å². The van der Waals surface area contributed by atoms with E-state index in [2.05, 4.69) is 15.1 Å². The van der Waals surface area contributed by atoms with Crippen molar-refractivity contribution in [3.05, 3.63) is 36.0 Å². The molecule has 0 saturated carbocycles. The van der Waals surface area contributed by atoms with E-state index in [0.29, 0.717) is 10.8 Å². The number of nitrogens with zero attached hydrogens (tertiary/aromatic N) is 4. The Hall–Kier alpha value is -1.89. The van der Waals surface area contributed by atoms with Crippen LogP contribution in [0.2, 0.25) is 0 Å².